The first-order valence-corrected chi connectivity index (χ1v) is 12.2. The highest BCUT2D eigenvalue weighted by Gasteiger charge is 2.32. The third-order valence-corrected chi connectivity index (χ3v) is 7.03. The average molecular weight is 421 g/mol. The summed E-state index contributed by atoms with van der Waals surface area (Å²) < 4.78 is 11.9. The number of rotatable bonds is 6. The average Bonchev–Trinajstić information content (AvgIpc) is 3.46. The van der Waals surface area contributed by atoms with Crippen molar-refractivity contribution in [2.45, 2.75) is 51.4 Å². The van der Waals surface area contributed by atoms with Gasteiger partial charge in [-0.3, -0.25) is 9.89 Å². The maximum Gasteiger partial charge on any atom is 0.194 e. The van der Waals surface area contributed by atoms with Crippen LogP contribution in [-0.2, 0) is 16.0 Å². The molecule has 0 saturated carbocycles. The molecule has 3 saturated heterocycles. The van der Waals surface area contributed by atoms with E-state index in [2.05, 4.69) is 39.6 Å². The smallest absolute Gasteiger partial charge is 0.194 e. The molecular formula is C22H36N4O2S. The van der Waals surface area contributed by atoms with Crippen LogP contribution < -0.4 is 5.32 Å². The number of aliphatic imine (C=N–C) groups is 1. The van der Waals surface area contributed by atoms with Gasteiger partial charge in [-0.25, -0.2) is 0 Å². The van der Waals surface area contributed by atoms with Gasteiger partial charge < -0.3 is 19.7 Å². The second kappa shape index (κ2) is 10.8. The third kappa shape index (κ3) is 5.94. The SMILES string of the molecule is CCNC(=NCC1CCCN(Cc2cccs2)C1)N1CCOC(C2CCCO2)C1. The van der Waals surface area contributed by atoms with Crippen LogP contribution in [0.15, 0.2) is 22.5 Å². The summed E-state index contributed by atoms with van der Waals surface area (Å²) >= 11 is 1.86. The summed E-state index contributed by atoms with van der Waals surface area (Å²) in [5.74, 6) is 1.70. The van der Waals surface area contributed by atoms with Crippen LogP contribution in [-0.4, -0.2) is 80.4 Å². The van der Waals surface area contributed by atoms with Crippen LogP contribution in [0, 0.1) is 5.92 Å². The van der Waals surface area contributed by atoms with Gasteiger partial charge in [0, 0.05) is 50.8 Å². The van der Waals surface area contributed by atoms with Gasteiger partial charge >= 0.3 is 0 Å². The van der Waals surface area contributed by atoms with Crippen molar-refractivity contribution in [3.8, 4) is 0 Å². The normalized spacial score (nSPS) is 29.3. The first-order chi connectivity index (χ1) is 14.3. The third-order valence-electron chi connectivity index (χ3n) is 6.17. The summed E-state index contributed by atoms with van der Waals surface area (Å²) in [6, 6.07) is 4.40. The molecule has 3 aliphatic heterocycles. The molecule has 0 aromatic carbocycles. The molecule has 29 heavy (non-hydrogen) atoms. The van der Waals surface area contributed by atoms with E-state index in [1.54, 1.807) is 0 Å². The lowest BCUT2D eigenvalue weighted by molar-refractivity contribution is -0.0817. The van der Waals surface area contributed by atoms with Crippen LogP contribution in [0.2, 0.25) is 0 Å². The number of morpholine rings is 1. The van der Waals surface area contributed by atoms with Gasteiger partial charge in [0.1, 0.15) is 6.10 Å². The van der Waals surface area contributed by atoms with Crippen molar-refractivity contribution in [1.82, 2.24) is 15.1 Å². The summed E-state index contributed by atoms with van der Waals surface area (Å²) in [5.41, 5.74) is 0. The number of guanidine groups is 1. The molecule has 4 rings (SSSR count). The van der Waals surface area contributed by atoms with Crippen LogP contribution in [0.5, 0.6) is 0 Å². The summed E-state index contributed by atoms with van der Waals surface area (Å²) in [5, 5.41) is 5.69. The first-order valence-electron chi connectivity index (χ1n) is 11.3. The van der Waals surface area contributed by atoms with Crippen LogP contribution in [0.1, 0.15) is 37.5 Å². The first kappa shape index (κ1) is 21.1. The van der Waals surface area contributed by atoms with E-state index in [9.17, 15) is 0 Å². The summed E-state index contributed by atoms with van der Waals surface area (Å²) in [7, 11) is 0. The Kier molecular flexibility index (Phi) is 7.82. The van der Waals surface area contributed by atoms with Crippen molar-refractivity contribution in [2.75, 3.05) is 52.5 Å². The minimum absolute atomic E-state index is 0.172. The number of ether oxygens (including phenoxy) is 2. The van der Waals surface area contributed by atoms with Crippen molar-refractivity contribution < 1.29 is 9.47 Å². The molecule has 3 aliphatic rings. The van der Waals surface area contributed by atoms with E-state index in [0.717, 1.165) is 71.3 Å². The molecule has 0 radical (unpaired) electrons. The lowest BCUT2D eigenvalue weighted by atomic mass is 9.98. The lowest BCUT2D eigenvalue weighted by Crippen LogP contribution is -2.53. The van der Waals surface area contributed by atoms with Crippen molar-refractivity contribution in [3.05, 3.63) is 22.4 Å². The number of piperidine rings is 1. The highest BCUT2D eigenvalue weighted by atomic mass is 32.1. The Labute approximate surface area is 179 Å². The predicted octanol–water partition coefficient (Wildman–Crippen LogP) is 2.81. The molecule has 1 aromatic rings. The fourth-order valence-electron chi connectivity index (χ4n) is 4.70. The maximum absolute atomic E-state index is 6.02. The summed E-state index contributed by atoms with van der Waals surface area (Å²) in [6.07, 6.45) is 5.26. The Morgan fingerprint density at radius 2 is 2.10 bits per heavy atom. The van der Waals surface area contributed by atoms with Gasteiger partial charge in [-0.15, -0.1) is 11.3 Å². The fourth-order valence-corrected chi connectivity index (χ4v) is 5.44. The van der Waals surface area contributed by atoms with Crippen molar-refractivity contribution in [2.24, 2.45) is 10.9 Å². The Morgan fingerprint density at radius 1 is 1.17 bits per heavy atom. The molecule has 0 amide bonds. The highest BCUT2D eigenvalue weighted by Crippen LogP contribution is 2.22. The van der Waals surface area contributed by atoms with E-state index >= 15 is 0 Å². The molecule has 3 atom stereocenters. The number of thiophene rings is 1. The number of likely N-dealkylation sites (tertiary alicyclic amines) is 1. The standard InChI is InChI=1S/C22H36N4O2S/c1-2-23-22(26-10-12-28-21(17-26)20-8-4-11-27-20)24-14-18-6-3-9-25(15-18)16-19-7-5-13-29-19/h5,7,13,18,20-21H,2-4,6,8-12,14-17H2,1H3,(H,23,24). The Balaban J connectivity index is 1.32. The Hall–Kier alpha value is -1.15. The molecule has 0 bridgehead atoms. The second-order valence-corrected chi connectivity index (χ2v) is 9.46. The zero-order valence-electron chi connectivity index (χ0n) is 17.7. The van der Waals surface area contributed by atoms with E-state index < -0.39 is 0 Å². The minimum Gasteiger partial charge on any atom is -0.375 e. The zero-order chi connectivity index (χ0) is 19.9. The summed E-state index contributed by atoms with van der Waals surface area (Å²) in [4.78, 5) is 11.5. The molecular weight excluding hydrogens is 384 g/mol. The van der Waals surface area contributed by atoms with E-state index in [0.29, 0.717) is 5.92 Å². The van der Waals surface area contributed by atoms with Gasteiger partial charge in [0.2, 0.25) is 0 Å². The molecule has 162 valence electrons. The van der Waals surface area contributed by atoms with Gasteiger partial charge in [-0.2, -0.15) is 0 Å². The van der Waals surface area contributed by atoms with Crippen molar-refractivity contribution >= 4 is 17.3 Å². The zero-order valence-corrected chi connectivity index (χ0v) is 18.5. The van der Waals surface area contributed by atoms with E-state index in [4.69, 9.17) is 14.5 Å². The monoisotopic (exact) mass is 420 g/mol. The molecule has 0 spiro atoms. The molecule has 4 heterocycles. The minimum atomic E-state index is 0.172. The Morgan fingerprint density at radius 3 is 2.90 bits per heavy atom. The van der Waals surface area contributed by atoms with Crippen LogP contribution in [0.3, 0.4) is 0 Å². The van der Waals surface area contributed by atoms with E-state index in [-0.39, 0.29) is 12.2 Å². The van der Waals surface area contributed by atoms with E-state index in [1.807, 2.05) is 11.3 Å². The molecule has 1 aromatic heterocycles. The van der Waals surface area contributed by atoms with Gasteiger partial charge in [0.25, 0.3) is 0 Å². The van der Waals surface area contributed by atoms with Gasteiger partial charge in [0.15, 0.2) is 5.96 Å². The number of nitrogens with zero attached hydrogens (tertiary/aromatic N) is 3. The number of hydrogen-bond acceptors (Lipinski definition) is 5. The molecule has 6 nitrogen and oxygen atoms in total. The molecule has 0 aliphatic carbocycles. The van der Waals surface area contributed by atoms with Crippen LogP contribution in [0.4, 0.5) is 0 Å². The Bertz CT molecular complexity index is 633. The predicted molar refractivity (Wildman–Crippen MR) is 119 cm³/mol. The van der Waals surface area contributed by atoms with Crippen LogP contribution in [0.25, 0.3) is 0 Å². The molecule has 3 unspecified atom stereocenters. The molecule has 7 heteroatoms. The quantitative estimate of drug-likeness (QED) is 0.567. The maximum atomic E-state index is 6.02. The van der Waals surface area contributed by atoms with Crippen LogP contribution >= 0.6 is 11.3 Å². The van der Waals surface area contributed by atoms with Crippen molar-refractivity contribution in [3.63, 3.8) is 0 Å². The number of hydrogen-bond donors (Lipinski definition) is 1. The second-order valence-electron chi connectivity index (χ2n) is 8.42. The summed E-state index contributed by atoms with van der Waals surface area (Å²) in [6.45, 7) is 10.8. The highest BCUT2D eigenvalue weighted by molar-refractivity contribution is 7.09. The topological polar surface area (TPSA) is 49.3 Å². The molecule has 3 fully saturated rings. The van der Waals surface area contributed by atoms with Gasteiger partial charge in [0.05, 0.1) is 12.7 Å². The van der Waals surface area contributed by atoms with Gasteiger partial charge in [-0.1, -0.05) is 6.07 Å². The fraction of sp³-hybridized carbons (Fsp3) is 0.773. The van der Waals surface area contributed by atoms with Gasteiger partial charge in [-0.05, 0) is 56.5 Å². The molecule has 1 N–H and O–H groups in total. The van der Waals surface area contributed by atoms with Crippen molar-refractivity contribution in [1.29, 1.82) is 0 Å². The van der Waals surface area contributed by atoms with E-state index in [1.165, 1.54) is 24.3 Å². The number of nitrogens with one attached hydrogen (secondary N) is 1. The lowest BCUT2D eigenvalue weighted by Gasteiger charge is -2.37. The largest absolute Gasteiger partial charge is 0.375 e.